The van der Waals surface area contributed by atoms with Gasteiger partial charge in [-0.15, -0.1) is 10.2 Å². The van der Waals surface area contributed by atoms with Crippen LogP contribution in [0.25, 0.3) is 33.4 Å². The molecular formula is C34H37N7O2. The fraction of sp³-hybridized carbons (Fsp3) is 0.382. The average Bonchev–Trinajstić information content (AvgIpc) is 3.77. The number of hydroxylamine groups is 2. The lowest BCUT2D eigenvalue weighted by atomic mass is 9.89. The Morgan fingerprint density at radius 2 is 1.86 bits per heavy atom. The number of fused-ring (bicyclic) bond motifs is 2. The lowest BCUT2D eigenvalue weighted by Gasteiger charge is -2.27. The molecule has 0 aliphatic carbocycles. The quantitative estimate of drug-likeness (QED) is 0.241. The van der Waals surface area contributed by atoms with E-state index in [1.165, 1.54) is 6.42 Å². The van der Waals surface area contributed by atoms with E-state index in [0.717, 1.165) is 71.3 Å². The Kier molecular flexibility index (Phi) is 7.15. The highest BCUT2D eigenvalue weighted by Crippen LogP contribution is 2.45. The van der Waals surface area contributed by atoms with E-state index in [0.29, 0.717) is 29.8 Å². The van der Waals surface area contributed by atoms with Gasteiger partial charge in [0.2, 0.25) is 5.82 Å². The Bertz CT molecular complexity index is 1820. The fourth-order valence-electron chi connectivity index (χ4n) is 6.76. The molecule has 3 aromatic carbocycles. The third kappa shape index (κ3) is 5.06. The number of H-pyrrole nitrogens is 1. The fourth-order valence-corrected chi connectivity index (χ4v) is 6.76. The molecule has 2 aromatic heterocycles. The molecule has 7 rings (SSSR count). The molecule has 0 spiro atoms. The van der Waals surface area contributed by atoms with E-state index in [2.05, 4.69) is 82.9 Å². The number of tetrazole rings is 1. The van der Waals surface area contributed by atoms with Gasteiger partial charge in [-0.25, -0.2) is 4.98 Å². The molecular weight excluding hydrogens is 538 g/mol. The summed E-state index contributed by atoms with van der Waals surface area (Å²) in [5.74, 6) is 1.39. The van der Waals surface area contributed by atoms with Crippen LogP contribution in [0.3, 0.4) is 0 Å². The van der Waals surface area contributed by atoms with Crippen molar-refractivity contribution in [3.8, 4) is 22.5 Å². The number of nitrogens with one attached hydrogen (secondary N) is 1. The van der Waals surface area contributed by atoms with Gasteiger partial charge in [0.05, 0.1) is 17.4 Å². The Balaban J connectivity index is 1.22. The van der Waals surface area contributed by atoms with E-state index < -0.39 is 5.60 Å². The van der Waals surface area contributed by atoms with Gasteiger partial charge >= 0.3 is 0 Å². The minimum atomic E-state index is -0.445. The topological polar surface area (TPSA) is 102 Å². The van der Waals surface area contributed by atoms with Crippen LogP contribution in [0.4, 0.5) is 0 Å². The second-order valence-electron chi connectivity index (χ2n) is 12.2. The van der Waals surface area contributed by atoms with Gasteiger partial charge in [-0.05, 0) is 72.7 Å². The van der Waals surface area contributed by atoms with Crippen molar-refractivity contribution in [1.29, 1.82) is 0 Å². The lowest BCUT2D eigenvalue weighted by Crippen LogP contribution is -2.30. The molecule has 4 heterocycles. The van der Waals surface area contributed by atoms with Crippen LogP contribution in [-0.4, -0.2) is 47.3 Å². The summed E-state index contributed by atoms with van der Waals surface area (Å²) in [6, 6.07) is 23.3. The van der Waals surface area contributed by atoms with Crippen LogP contribution in [0.15, 0.2) is 71.5 Å². The van der Waals surface area contributed by atoms with Crippen molar-refractivity contribution in [3.05, 3.63) is 94.0 Å². The zero-order chi connectivity index (χ0) is 29.6. The number of rotatable bonds is 8. The van der Waals surface area contributed by atoms with Crippen LogP contribution in [0.2, 0.25) is 0 Å². The predicted octanol–water partition coefficient (Wildman–Crippen LogP) is 6.04. The monoisotopic (exact) mass is 575 g/mol. The minimum absolute atomic E-state index is 0.0000490. The second-order valence-corrected chi connectivity index (χ2v) is 12.2. The summed E-state index contributed by atoms with van der Waals surface area (Å²) in [4.78, 5) is 25.7. The Hall–Kier alpha value is -4.21. The van der Waals surface area contributed by atoms with Gasteiger partial charge in [-0.2, -0.15) is 10.3 Å². The first kappa shape index (κ1) is 27.6. The molecule has 0 bridgehead atoms. The molecule has 9 nitrogen and oxygen atoms in total. The Labute approximate surface area is 250 Å². The van der Waals surface area contributed by atoms with Gasteiger partial charge in [-0.1, -0.05) is 67.9 Å². The summed E-state index contributed by atoms with van der Waals surface area (Å²) in [6.45, 7) is 7.00. The third-order valence-electron chi connectivity index (χ3n) is 9.16. The highest BCUT2D eigenvalue weighted by atomic mass is 16.7. The molecule has 2 saturated heterocycles. The zero-order valence-corrected chi connectivity index (χ0v) is 25.0. The maximum Gasteiger partial charge on any atom is 0.261 e. The van der Waals surface area contributed by atoms with Crippen LogP contribution >= 0.6 is 0 Å². The van der Waals surface area contributed by atoms with Gasteiger partial charge in [0.15, 0.2) is 0 Å². The summed E-state index contributed by atoms with van der Waals surface area (Å²) in [7, 11) is 0. The average molecular weight is 576 g/mol. The van der Waals surface area contributed by atoms with E-state index in [9.17, 15) is 4.79 Å². The molecule has 220 valence electrons. The number of aromatic nitrogens is 6. The second kappa shape index (κ2) is 11.1. The van der Waals surface area contributed by atoms with Gasteiger partial charge in [0.1, 0.15) is 11.4 Å². The largest absolute Gasteiger partial charge is 0.292 e. The van der Waals surface area contributed by atoms with Crippen molar-refractivity contribution in [2.45, 2.75) is 83.5 Å². The van der Waals surface area contributed by atoms with Gasteiger partial charge in [0, 0.05) is 30.5 Å². The Morgan fingerprint density at radius 3 is 2.60 bits per heavy atom. The first-order valence-corrected chi connectivity index (χ1v) is 15.4. The van der Waals surface area contributed by atoms with Crippen LogP contribution in [0, 0.1) is 0 Å². The summed E-state index contributed by atoms with van der Waals surface area (Å²) in [6.07, 6.45) is 6.02. The molecule has 0 saturated carbocycles. The number of unbranched alkanes of at least 4 members (excludes halogenated alkanes) is 1. The smallest absolute Gasteiger partial charge is 0.261 e. The van der Waals surface area contributed by atoms with E-state index in [4.69, 9.17) is 9.82 Å². The van der Waals surface area contributed by atoms with Crippen molar-refractivity contribution < 1.29 is 4.84 Å². The molecule has 2 aliphatic heterocycles. The maximum absolute atomic E-state index is 14.1. The molecule has 3 atom stereocenters. The summed E-state index contributed by atoms with van der Waals surface area (Å²) in [5.41, 5.74) is 5.36. The zero-order valence-electron chi connectivity index (χ0n) is 25.0. The third-order valence-corrected chi connectivity index (χ3v) is 9.16. The Morgan fingerprint density at radius 1 is 1.05 bits per heavy atom. The van der Waals surface area contributed by atoms with Crippen LogP contribution in [-0.2, 0) is 23.4 Å². The molecule has 0 amide bonds. The first-order chi connectivity index (χ1) is 20.9. The number of hydrogen-bond acceptors (Lipinski definition) is 7. The van der Waals surface area contributed by atoms with E-state index in [1.54, 1.807) is 0 Å². The lowest BCUT2D eigenvalue weighted by molar-refractivity contribution is -0.210. The van der Waals surface area contributed by atoms with Crippen molar-refractivity contribution >= 4 is 10.9 Å². The normalized spacial score (nSPS) is 21.9. The van der Waals surface area contributed by atoms with Gasteiger partial charge in [-0.3, -0.25) is 14.2 Å². The van der Waals surface area contributed by atoms with E-state index in [-0.39, 0.29) is 5.56 Å². The molecule has 0 unspecified atom stereocenters. The standard InChI is InChI=1S/C34H37N7O2/c1-4-5-10-31-35-30-18-16-25(34(3)20-26-17-11-22(2)41(26)43-34)19-29(30)33(42)40(31)21-23-12-14-24(15-13-23)27-8-6-7-9-28(27)32-36-38-39-37-32/h6-9,12-16,18-19,22,26H,4-5,10-11,17,20-21H2,1-3H3,(H,36,37,38,39)/t22-,26+,34-/m0/s1. The van der Waals surface area contributed by atoms with Gasteiger partial charge in [0.25, 0.3) is 5.56 Å². The van der Waals surface area contributed by atoms with Crippen molar-refractivity contribution in [2.24, 2.45) is 0 Å². The molecule has 0 radical (unpaired) electrons. The molecule has 9 heteroatoms. The summed E-state index contributed by atoms with van der Waals surface area (Å²) < 4.78 is 1.86. The first-order valence-electron chi connectivity index (χ1n) is 15.4. The molecule has 43 heavy (non-hydrogen) atoms. The molecule has 2 fully saturated rings. The molecule has 2 aliphatic rings. The maximum atomic E-state index is 14.1. The van der Waals surface area contributed by atoms with Crippen LogP contribution in [0.5, 0.6) is 0 Å². The SMILES string of the molecule is CCCCc1nc2ccc([C@]3(C)C[C@H]4CC[C@H](C)N4O3)cc2c(=O)n1Cc1ccc(-c2ccccc2-c2nn[nH]n2)cc1. The van der Waals surface area contributed by atoms with Crippen molar-refractivity contribution in [3.63, 3.8) is 0 Å². The highest BCUT2D eigenvalue weighted by Gasteiger charge is 2.48. The number of aryl methyl sites for hydroxylation is 1. The summed E-state index contributed by atoms with van der Waals surface area (Å²) >= 11 is 0. The van der Waals surface area contributed by atoms with Crippen molar-refractivity contribution in [1.82, 2.24) is 35.2 Å². The van der Waals surface area contributed by atoms with E-state index >= 15 is 0 Å². The number of nitrogens with zero attached hydrogens (tertiary/aromatic N) is 6. The van der Waals surface area contributed by atoms with Crippen molar-refractivity contribution in [2.75, 3.05) is 0 Å². The van der Waals surface area contributed by atoms with Crippen LogP contribution in [0.1, 0.15) is 69.8 Å². The molecule has 5 aromatic rings. The number of hydrogen-bond donors (Lipinski definition) is 1. The van der Waals surface area contributed by atoms with Crippen LogP contribution < -0.4 is 5.56 Å². The summed E-state index contributed by atoms with van der Waals surface area (Å²) in [5, 5.41) is 17.4. The molecule has 1 N–H and O–H groups in total. The highest BCUT2D eigenvalue weighted by molar-refractivity contribution is 5.80. The minimum Gasteiger partial charge on any atom is -0.292 e. The predicted molar refractivity (Wildman–Crippen MR) is 166 cm³/mol. The number of benzene rings is 3. The van der Waals surface area contributed by atoms with Gasteiger partial charge < -0.3 is 0 Å². The number of aromatic amines is 1. The van der Waals surface area contributed by atoms with E-state index in [1.807, 2.05) is 34.9 Å².